The first-order valence-corrected chi connectivity index (χ1v) is 1.12. The van der Waals surface area contributed by atoms with Crippen molar-refractivity contribution < 1.29 is 29.4 Å². The van der Waals surface area contributed by atoms with Crippen molar-refractivity contribution >= 4 is 29.9 Å². The largest absolute Gasteiger partial charge is 0.478 e. The van der Waals surface area contributed by atoms with Crippen molar-refractivity contribution in [2.24, 2.45) is 0 Å². The van der Waals surface area contributed by atoms with E-state index >= 15 is 0 Å². The number of carbonyl (C=O) groups is 1. The Labute approximate surface area is 79.1 Å². The number of rotatable bonds is 1. The summed E-state index contributed by atoms with van der Waals surface area (Å²) in [5, 5.41) is 7.60. The van der Waals surface area contributed by atoms with Gasteiger partial charge in [-0.2, -0.15) is 0 Å². The van der Waals surface area contributed by atoms with E-state index in [0.29, 0.717) is 0 Å². The molecular formula is C4H8IO2Zn-. The first-order valence-electron chi connectivity index (χ1n) is 1.12. The molecule has 46 valence electrons. The molecule has 0 rings (SSSR count). The fourth-order valence-electron chi connectivity index (χ4n) is 0. The van der Waals surface area contributed by atoms with Gasteiger partial charge in [-0.15, -0.1) is 24.0 Å². The van der Waals surface area contributed by atoms with Crippen molar-refractivity contribution in [1.29, 1.82) is 0 Å². The molecule has 1 N–H and O–H groups in total. The van der Waals surface area contributed by atoms with Crippen LogP contribution in [0.2, 0.25) is 0 Å². The van der Waals surface area contributed by atoms with Crippen molar-refractivity contribution in [1.82, 2.24) is 0 Å². The van der Waals surface area contributed by atoms with E-state index in [0.717, 1.165) is 6.08 Å². The molecule has 0 aliphatic heterocycles. The molecule has 0 radical (unpaired) electrons. The Balaban J connectivity index is -0.0000000267. The van der Waals surface area contributed by atoms with Crippen LogP contribution in [0.1, 0.15) is 0 Å². The molecule has 0 atom stereocenters. The van der Waals surface area contributed by atoms with Crippen LogP contribution in [-0.4, -0.2) is 11.1 Å². The van der Waals surface area contributed by atoms with Crippen LogP contribution in [0.5, 0.6) is 0 Å². The quantitative estimate of drug-likeness (QED) is 0.340. The van der Waals surface area contributed by atoms with Gasteiger partial charge in [0.15, 0.2) is 0 Å². The Hall–Kier alpha value is 0.563. The molecule has 0 saturated heterocycles. The van der Waals surface area contributed by atoms with Crippen LogP contribution >= 0.6 is 24.0 Å². The summed E-state index contributed by atoms with van der Waals surface area (Å²) in [6.45, 7) is 2.96. The fourth-order valence-corrected chi connectivity index (χ4v) is 0. The van der Waals surface area contributed by atoms with Gasteiger partial charge in [-0.3, -0.25) is 0 Å². The van der Waals surface area contributed by atoms with E-state index in [-0.39, 0.29) is 50.9 Å². The first kappa shape index (κ1) is 23.5. The number of aliphatic carboxylic acids is 1. The maximum Gasteiger partial charge on any atom is 0.327 e. The summed E-state index contributed by atoms with van der Waals surface area (Å²) < 4.78 is 0. The summed E-state index contributed by atoms with van der Waals surface area (Å²) >= 11 is 0. The number of carboxylic acid groups (broad SMARTS) is 1. The molecule has 0 aromatic heterocycles. The molecule has 4 heteroatoms. The molecule has 0 bridgehead atoms. The van der Waals surface area contributed by atoms with Crippen LogP contribution < -0.4 is 0 Å². The van der Waals surface area contributed by atoms with Gasteiger partial charge in [0.05, 0.1) is 0 Å². The van der Waals surface area contributed by atoms with E-state index in [2.05, 4.69) is 6.58 Å². The van der Waals surface area contributed by atoms with Crippen LogP contribution in [0.4, 0.5) is 0 Å². The molecule has 0 spiro atoms. The number of hydrogen-bond acceptors (Lipinski definition) is 1. The summed E-state index contributed by atoms with van der Waals surface area (Å²) in [5.41, 5.74) is 0. The Morgan fingerprint density at radius 3 is 1.75 bits per heavy atom. The Morgan fingerprint density at radius 1 is 1.62 bits per heavy atom. The van der Waals surface area contributed by atoms with Crippen LogP contribution in [0, 0.1) is 7.43 Å². The van der Waals surface area contributed by atoms with Crippen molar-refractivity contribution in [2.75, 3.05) is 0 Å². The predicted molar refractivity (Wildman–Crippen MR) is 39.7 cm³/mol. The van der Waals surface area contributed by atoms with Crippen LogP contribution in [0.15, 0.2) is 12.7 Å². The third-order valence-corrected chi connectivity index (χ3v) is 0.175. The predicted octanol–water partition coefficient (Wildman–Crippen LogP) is 1.32. The smallest absolute Gasteiger partial charge is 0.327 e. The second-order valence-electron chi connectivity index (χ2n) is 0.542. The molecule has 0 saturated carbocycles. The summed E-state index contributed by atoms with van der Waals surface area (Å²) in [6.07, 6.45) is 0.833. The van der Waals surface area contributed by atoms with Crippen LogP contribution in [0.3, 0.4) is 0 Å². The van der Waals surface area contributed by atoms with Gasteiger partial charge < -0.3 is 12.5 Å². The molecule has 0 aliphatic rings. The van der Waals surface area contributed by atoms with E-state index in [1.165, 1.54) is 0 Å². The molecule has 0 aromatic rings. The maximum absolute atomic E-state index is 9.25. The van der Waals surface area contributed by atoms with Crippen molar-refractivity contribution in [3.63, 3.8) is 0 Å². The van der Waals surface area contributed by atoms with Crippen LogP contribution in [0.25, 0.3) is 0 Å². The Bertz CT molecular complexity index is 65.1. The van der Waals surface area contributed by atoms with Gasteiger partial charge in [-0.25, -0.2) is 4.79 Å². The molecular weight excluding hydrogens is 272 g/mol. The molecule has 0 amide bonds. The van der Waals surface area contributed by atoms with Gasteiger partial charge in [0.1, 0.15) is 0 Å². The van der Waals surface area contributed by atoms with Gasteiger partial charge >= 0.3 is 5.97 Å². The monoisotopic (exact) mass is 279 g/mol. The molecule has 0 fully saturated rings. The summed E-state index contributed by atoms with van der Waals surface area (Å²) in [4.78, 5) is 9.25. The molecule has 0 aromatic carbocycles. The van der Waals surface area contributed by atoms with Crippen molar-refractivity contribution in [3.8, 4) is 0 Å². The minimum atomic E-state index is -0.981. The maximum atomic E-state index is 9.25. The average Bonchev–Trinajstić information content (AvgIpc) is 1.38. The zero-order chi connectivity index (χ0) is 4.28. The number of hydrogen-bond donors (Lipinski definition) is 1. The van der Waals surface area contributed by atoms with E-state index in [9.17, 15) is 4.79 Å². The van der Waals surface area contributed by atoms with Crippen molar-refractivity contribution in [2.45, 2.75) is 0 Å². The summed E-state index contributed by atoms with van der Waals surface area (Å²) in [5.74, 6) is -0.981. The second kappa shape index (κ2) is 15.6. The van der Waals surface area contributed by atoms with Gasteiger partial charge in [-0.05, 0) is 0 Å². The summed E-state index contributed by atoms with van der Waals surface area (Å²) in [6, 6.07) is 0. The summed E-state index contributed by atoms with van der Waals surface area (Å²) in [7, 11) is 0. The van der Waals surface area contributed by atoms with E-state index in [1.54, 1.807) is 0 Å². The van der Waals surface area contributed by atoms with Gasteiger partial charge in [-0.1, -0.05) is 6.58 Å². The molecule has 0 unspecified atom stereocenters. The van der Waals surface area contributed by atoms with E-state index < -0.39 is 5.97 Å². The van der Waals surface area contributed by atoms with Gasteiger partial charge in [0, 0.05) is 25.6 Å². The average molecular weight is 280 g/mol. The fraction of sp³-hybridized carbons (Fsp3) is 0. The topological polar surface area (TPSA) is 37.3 Å². The third kappa shape index (κ3) is 30.9. The van der Waals surface area contributed by atoms with Crippen LogP contribution in [-0.2, 0) is 24.3 Å². The van der Waals surface area contributed by atoms with Gasteiger partial charge in [0.25, 0.3) is 0 Å². The standard InChI is InChI=1S/C3H4O2.CH3.HI.Zn/c1-2-3(4)5;;;/h2H,1H2,(H,4,5);1H3;1H;/q;-1;;. The third-order valence-electron chi connectivity index (χ3n) is 0.175. The van der Waals surface area contributed by atoms with E-state index in [4.69, 9.17) is 5.11 Å². The SMILES string of the molecule is C=CC(=O)O.I.[CH3-].[Zn]. The zero-order valence-corrected chi connectivity index (χ0v) is 10.1. The van der Waals surface area contributed by atoms with E-state index in [1.807, 2.05) is 0 Å². The molecule has 2 nitrogen and oxygen atoms in total. The minimum Gasteiger partial charge on any atom is -0.478 e. The number of carboxylic acids is 1. The zero-order valence-electron chi connectivity index (χ0n) is 4.76. The second-order valence-corrected chi connectivity index (χ2v) is 0.542. The normalized spacial score (nSPS) is 4.00. The van der Waals surface area contributed by atoms with Gasteiger partial charge in [0.2, 0.25) is 0 Å². The molecule has 8 heavy (non-hydrogen) atoms. The first-order chi connectivity index (χ1) is 2.27. The Kier molecular flexibility index (Phi) is 46.0. The van der Waals surface area contributed by atoms with Crippen molar-refractivity contribution in [3.05, 3.63) is 20.1 Å². The number of halogens is 1. The Morgan fingerprint density at radius 2 is 1.75 bits per heavy atom. The molecule has 0 aliphatic carbocycles. The minimum absolute atomic E-state index is 0. The molecule has 0 heterocycles.